The van der Waals surface area contributed by atoms with E-state index in [1.54, 1.807) is 13.4 Å². The van der Waals surface area contributed by atoms with Gasteiger partial charge in [-0.2, -0.15) is 0 Å². The van der Waals surface area contributed by atoms with Crippen molar-refractivity contribution in [2.45, 2.75) is 33.6 Å². The highest BCUT2D eigenvalue weighted by Crippen LogP contribution is 2.29. The van der Waals surface area contributed by atoms with Crippen molar-refractivity contribution in [2.24, 2.45) is 10.1 Å². The Labute approximate surface area is 146 Å². The molecule has 0 N–H and O–H groups in total. The van der Waals surface area contributed by atoms with Crippen molar-refractivity contribution in [2.75, 3.05) is 27.3 Å². The van der Waals surface area contributed by atoms with Gasteiger partial charge in [0.25, 0.3) is 0 Å². The minimum Gasteiger partial charge on any atom is -0.477 e. The van der Waals surface area contributed by atoms with E-state index >= 15 is 0 Å². The molecule has 0 spiro atoms. The molecule has 0 aromatic carbocycles. The zero-order valence-corrected chi connectivity index (χ0v) is 16.1. The van der Waals surface area contributed by atoms with Crippen LogP contribution in [-0.2, 0) is 4.84 Å². The lowest BCUT2D eigenvalue weighted by Crippen LogP contribution is -2.14. The minimum atomic E-state index is 0.572. The summed E-state index contributed by atoms with van der Waals surface area (Å²) in [5.41, 5.74) is 2.61. The Morgan fingerprint density at radius 2 is 2.22 bits per heavy atom. The molecule has 1 heterocycles. The Morgan fingerprint density at radius 1 is 1.48 bits per heavy atom. The SMILES string of the molecule is CCN(C)C=Nc1cc(Br)c(OCCC/C(C)=N/OC)nc1C. The number of aryl methyl sites for hydroxylation is 1. The van der Waals surface area contributed by atoms with Gasteiger partial charge in [-0.15, -0.1) is 0 Å². The van der Waals surface area contributed by atoms with Gasteiger partial charge in [-0.05, 0) is 55.6 Å². The average Bonchev–Trinajstić information content (AvgIpc) is 2.52. The number of halogens is 1. The second-order valence-electron chi connectivity index (χ2n) is 5.16. The number of nitrogens with zero attached hydrogens (tertiary/aromatic N) is 4. The summed E-state index contributed by atoms with van der Waals surface area (Å²) >= 11 is 3.49. The van der Waals surface area contributed by atoms with Gasteiger partial charge >= 0.3 is 0 Å². The third-order valence-electron chi connectivity index (χ3n) is 3.17. The Hall–Kier alpha value is -1.63. The van der Waals surface area contributed by atoms with E-state index in [1.807, 2.05) is 31.9 Å². The summed E-state index contributed by atoms with van der Waals surface area (Å²) in [5.74, 6) is 0.589. The predicted molar refractivity (Wildman–Crippen MR) is 98.0 cm³/mol. The first kappa shape index (κ1) is 19.4. The number of oxime groups is 1. The van der Waals surface area contributed by atoms with E-state index in [-0.39, 0.29) is 0 Å². The number of hydrogen-bond donors (Lipinski definition) is 0. The largest absolute Gasteiger partial charge is 0.477 e. The molecule has 0 amide bonds. The monoisotopic (exact) mass is 384 g/mol. The second-order valence-corrected chi connectivity index (χ2v) is 6.01. The third kappa shape index (κ3) is 6.99. The molecule has 0 aliphatic heterocycles. The van der Waals surface area contributed by atoms with Gasteiger partial charge in [-0.25, -0.2) is 9.98 Å². The number of aromatic nitrogens is 1. The molecule has 0 unspecified atom stereocenters. The quantitative estimate of drug-likeness (QED) is 0.280. The summed E-state index contributed by atoms with van der Waals surface area (Å²) < 4.78 is 6.53. The van der Waals surface area contributed by atoms with Crippen molar-refractivity contribution in [1.29, 1.82) is 0 Å². The van der Waals surface area contributed by atoms with Gasteiger partial charge in [-0.3, -0.25) is 0 Å². The number of pyridine rings is 1. The fourth-order valence-electron chi connectivity index (χ4n) is 1.72. The van der Waals surface area contributed by atoms with Gasteiger partial charge < -0.3 is 14.5 Å². The van der Waals surface area contributed by atoms with Crippen LogP contribution in [0.1, 0.15) is 32.4 Å². The molecule has 0 radical (unpaired) electrons. The Morgan fingerprint density at radius 3 is 2.87 bits per heavy atom. The summed E-state index contributed by atoms with van der Waals surface area (Å²) in [4.78, 5) is 15.6. The molecule has 0 bridgehead atoms. The van der Waals surface area contributed by atoms with E-state index in [4.69, 9.17) is 9.57 Å². The molecule has 0 aliphatic carbocycles. The fourth-order valence-corrected chi connectivity index (χ4v) is 2.14. The smallest absolute Gasteiger partial charge is 0.228 e. The van der Waals surface area contributed by atoms with Crippen molar-refractivity contribution in [3.05, 3.63) is 16.2 Å². The summed E-state index contributed by atoms with van der Waals surface area (Å²) in [5, 5.41) is 3.87. The van der Waals surface area contributed by atoms with Crippen LogP contribution >= 0.6 is 15.9 Å². The Balaban J connectivity index is 2.63. The summed E-state index contributed by atoms with van der Waals surface area (Å²) in [6, 6.07) is 1.93. The molecule has 6 nitrogen and oxygen atoms in total. The maximum atomic E-state index is 5.73. The van der Waals surface area contributed by atoms with Crippen molar-refractivity contribution >= 4 is 33.7 Å². The predicted octanol–water partition coefficient (Wildman–Crippen LogP) is 3.95. The zero-order chi connectivity index (χ0) is 17.2. The zero-order valence-electron chi connectivity index (χ0n) is 14.5. The van der Waals surface area contributed by atoms with Crippen LogP contribution in [0.15, 0.2) is 20.7 Å². The molecule has 1 aromatic rings. The van der Waals surface area contributed by atoms with Crippen LogP contribution in [0, 0.1) is 6.92 Å². The first-order valence-electron chi connectivity index (χ1n) is 7.58. The van der Waals surface area contributed by atoms with Crippen LogP contribution in [-0.4, -0.2) is 49.2 Å². The van der Waals surface area contributed by atoms with Crippen molar-refractivity contribution < 1.29 is 9.57 Å². The molecule has 0 saturated carbocycles. The highest BCUT2D eigenvalue weighted by Gasteiger charge is 2.08. The molecule has 1 rings (SSSR count). The molecule has 0 aliphatic rings. The van der Waals surface area contributed by atoms with E-state index in [9.17, 15) is 0 Å². The fraction of sp³-hybridized carbons (Fsp3) is 0.562. The van der Waals surface area contributed by atoms with E-state index in [0.717, 1.165) is 41.0 Å². The number of aliphatic imine (C=N–C) groups is 1. The van der Waals surface area contributed by atoms with Crippen molar-refractivity contribution in [1.82, 2.24) is 9.88 Å². The van der Waals surface area contributed by atoms with Gasteiger partial charge in [0, 0.05) is 13.6 Å². The van der Waals surface area contributed by atoms with E-state index in [0.29, 0.717) is 12.5 Å². The van der Waals surface area contributed by atoms with Gasteiger partial charge in [0.1, 0.15) is 7.11 Å². The molecule has 0 fully saturated rings. The molecule has 23 heavy (non-hydrogen) atoms. The standard InChI is InChI=1S/C16H25BrN4O2/c1-6-21(4)11-18-15-10-14(17)16(19-13(15)3)23-9-7-8-12(2)20-22-5/h10-11H,6-9H2,1-5H3/b18-11?,20-12+. The molecular formula is C16H25BrN4O2. The second kappa shape index (κ2) is 10.2. The lowest BCUT2D eigenvalue weighted by atomic mass is 10.2. The molecule has 1 aromatic heterocycles. The van der Waals surface area contributed by atoms with Crippen LogP contribution in [0.25, 0.3) is 0 Å². The Bertz CT molecular complexity index is 561. The van der Waals surface area contributed by atoms with E-state index in [1.165, 1.54) is 0 Å². The van der Waals surface area contributed by atoms with E-state index < -0.39 is 0 Å². The van der Waals surface area contributed by atoms with Crippen LogP contribution in [0.5, 0.6) is 5.88 Å². The first-order valence-corrected chi connectivity index (χ1v) is 8.38. The lowest BCUT2D eigenvalue weighted by Gasteiger charge is -2.11. The van der Waals surface area contributed by atoms with Crippen LogP contribution in [0.2, 0.25) is 0 Å². The van der Waals surface area contributed by atoms with Crippen LogP contribution in [0.3, 0.4) is 0 Å². The summed E-state index contributed by atoms with van der Waals surface area (Å²) in [6.07, 6.45) is 3.48. The highest BCUT2D eigenvalue weighted by molar-refractivity contribution is 9.10. The van der Waals surface area contributed by atoms with Gasteiger partial charge in [0.2, 0.25) is 5.88 Å². The number of ether oxygens (including phenoxy) is 1. The van der Waals surface area contributed by atoms with Gasteiger partial charge in [0.05, 0.1) is 34.5 Å². The van der Waals surface area contributed by atoms with Gasteiger partial charge in [0.15, 0.2) is 0 Å². The average molecular weight is 385 g/mol. The lowest BCUT2D eigenvalue weighted by molar-refractivity contribution is 0.212. The van der Waals surface area contributed by atoms with Crippen LogP contribution in [0.4, 0.5) is 5.69 Å². The normalized spacial score (nSPS) is 11.8. The molecule has 7 heteroatoms. The minimum absolute atomic E-state index is 0.572. The first-order chi connectivity index (χ1) is 11.0. The topological polar surface area (TPSA) is 59.3 Å². The van der Waals surface area contributed by atoms with E-state index in [2.05, 4.69) is 38.0 Å². The molecule has 128 valence electrons. The van der Waals surface area contributed by atoms with Crippen LogP contribution < -0.4 is 4.74 Å². The molecular weight excluding hydrogens is 360 g/mol. The maximum Gasteiger partial charge on any atom is 0.228 e. The summed E-state index contributed by atoms with van der Waals surface area (Å²) in [7, 11) is 3.53. The highest BCUT2D eigenvalue weighted by atomic mass is 79.9. The third-order valence-corrected chi connectivity index (χ3v) is 3.74. The Kier molecular flexibility index (Phi) is 8.61. The number of rotatable bonds is 9. The molecule has 0 saturated heterocycles. The number of hydrogen-bond acceptors (Lipinski definition) is 5. The maximum absolute atomic E-state index is 5.73. The summed E-state index contributed by atoms with van der Waals surface area (Å²) in [6.45, 7) is 7.41. The van der Waals surface area contributed by atoms with Crippen molar-refractivity contribution in [3.63, 3.8) is 0 Å². The van der Waals surface area contributed by atoms with Crippen molar-refractivity contribution in [3.8, 4) is 5.88 Å². The van der Waals surface area contributed by atoms with Gasteiger partial charge in [-0.1, -0.05) is 5.16 Å². The molecule has 0 atom stereocenters.